The molecular formula is C19H30N4O7. The van der Waals surface area contributed by atoms with Gasteiger partial charge >= 0.3 is 11.9 Å². The lowest BCUT2D eigenvalue weighted by Gasteiger charge is -2.35. The van der Waals surface area contributed by atoms with E-state index < -0.39 is 48.0 Å². The molecule has 168 valence electrons. The number of rotatable bonds is 11. The Kier molecular flexibility index (Phi) is 8.16. The van der Waals surface area contributed by atoms with Crippen molar-refractivity contribution < 1.29 is 34.2 Å². The Labute approximate surface area is 174 Å². The van der Waals surface area contributed by atoms with Crippen molar-refractivity contribution in [3.05, 3.63) is 0 Å². The minimum Gasteiger partial charge on any atom is -0.481 e. The highest BCUT2D eigenvalue weighted by atomic mass is 16.4. The van der Waals surface area contributed by atoms with Crippen molar-refractivity contribution >= 4 is 29.7 Å². The lowest BCUT2D eigenvalue weighted by Crippen LogP contribution is -2.54. The second-order valence-electron chi connectivity index (χ2n) is 7.71. The van der Waals surface area contributed by atoms with Crippen molar-refractivity contribution in [2.24, 2.45) is 5.73 Å². The van der Waals surface area contributed by atoms with Gasteiger partial charge in [-0.1, -0.05) is 13.3 Å². The predicted molar refractivity (Wildman–Crippen MR) is 104 cm³/mol. The van der Waals surface area contributed by atoms with Crippen molar-refractivity contribution in [3.8, 4) is 0 Å². The van der Waals surface area contributed by atoms with Crippen LogP contribution in [0.5, 0.6) is 0 Å². The maximum Gasteiger partial charge on any atom is 0.303 e. The monoisotopic (exact) mass is 426 g/mol. The first-order valence-corrected chi connectivity index (χ1v) is 10.3. The molecular weight excluding hydrogens is 396 g/mol. The molecule has 0 bridgehead atoms. The molecule has 0 aromatic rings. The van der Waals surface area contributed by atoms with Gasteiger partial charge in [-0.25, -0.2) is 0 Å². The van der Waals surface area contributed by atoms with E-state index in [1.165, 1.54) is 9.80 Å². The van der Waals surface area contributed by atoms with Gasteiger partial charge in [0.2, 0.25) is 17.7 Å². The van der Waals surface area contributed by atoms with Crippen LogP contribution in [0, 0.1) is 0 Å². The van der Waals surface area contributed by atoms with Crippen LogP contribution in [0.2, 0.25) is 0 Å². The Balaban J connectivity index is 2.42. The first-order chi connectivity index (χ1) is 14.2. The molecule has 30 heavy (non-hydrogen) atoms. The van der Waals surface area contributed by atoms with Crippen molar-refractivity contribution in [1.82, 2.24) is 15.1 Å². The van der Waals surface area contributed by atoms with E-state index in [9.17, 15) is 24.0 Å². The van der Waals surface area contributed by atoms with Gasteiger partial charge in [-0.15, -0.1) is 0 Å². The highest BCUT2D eigenvalue weighted by Gasteiger charge is 2.52. The van der Waals surface area contributed by atoms with Gasteiger partial charge in [0.05, 0.1) is 6.04 Å². The molecule has 2 fully saturated rings. The predicted octanol–water partition coefficient (Wildman–Crippen LogP) is -0.512. The number of nitrogens with two attached hydrogens (primary N) is 1. The summed E-state index contributed by atoms with van der Waals surface area (Å²) in [6.07, 6.45) is 0.642. The summed E-state index contributed by atoms with van der Waals surface area (Å²) < 4.78 is 0. The molecule has 0 saturated carbocycles. The number of carboxylic acid groups (broad SMARTS) is 2. The van der Waals surface area contributed by atoms with Crippen molar-refractivity contribution in [1.29, 1.82) is 0 Å². The largest absolute Gasteiger partial charge is 0.481 e. The molecule has 2 heterocycles. The molecule has 2 saturated heterocycles. The Bertz CT molecular complexity index is 692. The Morgan fingerprint density at radius 1 is 1.17 bits per heavy atom. The number of hydrogen-bond donors (Lipinski definition) is 4. The first kappa shape index (κ1) is 23.6. The summed E-state index contributed by atoms with van der Waals surface area (Å²) in [5.74, 6) is -3.95. The number of carbonyl (C=O) groups is 5. The third kappa shape index (κ3) is 5.26. The number of carbonyl (C=O) groups excluding carboxylic acids is 3. The molecule has 4 atom stereocenters. The highest BCUT2D eigenvalue weighted by molar-refractivity contribution is 5.96. The first-order valence-electron chi connectivity index (χ1n) is 10.3. The molecule has 2 aliphatic rings. The fourth-order valence-electron chi connectivity index (χ4n) is 4.25. The zero-order valence-corrected chi connectivity index (χ0v) is 17.1. The molecule has 2 rings (SSSR count). The lowest BCUT2D eigenvalue weighted by atomic mass is 10.1. The van der Waals surface area contributed by atoms with Gasteiger partial charge in [-0.05, 0) is 38.6 Å². The fraction of sp³-hybridized carbons (Fsp3) is 0.737. The van der Waals surface area contributed by atoms with Crippen LogP contribution >= 0.6 is 0 Å². The summed E-state index contributed by atoms with van der Waals surface area (Å²) in [5.41, 5.74) is 5.50. The van der Waals surface area contributed by atoms with E-state index in [0.29, 0.717) is 25.8 Å². The molecule has 0 spiro atoms. The molecule has 3 amide bonds. The smallest absolute Gasteiger partial charge is 0.303 e. The summed E-state index contributed by atoms with van der Waals surface area (Å²) in [6, 6.07) is -2.69. The maximum atomic E-state index is 13.3. The van der Waals surface area contributed by atoms with Crippen LogP contribution in [0.25, 0.3) is 0 Å². The topological polar surface area (TPSA) is 170 Å². The van der Waals surface area contributed by atoms with E-state index in [4.69, 9.17) is 15.9 Å². The minimum atomic E-state index is -1.19. The molecule has 0 aromatic heterocycles. The van der Waals surface area contributed by atoms with Crippen LogP contribution in [0.15, 0.2) is 0 Å². The van der Waals surface area contributed by atoms with Gasteiger partial charge in [0.15, 0.2) is 0 Å². The second kappa shape index (κ2) is 10.4. The van der Waals surface area contributed by atoms with Crippen LogP contribution < -0.4 is 11.1 Å². The van der Waals surface area contributed by atoms with Gasteiger partial charge < -0.3 is 31.1 Å². The number of nitrogens with zero attached hydrogens (tertiary/aromatic N) is 2. The normalized spacial score (nSPS) is 24.8. The third-order valence-corrected chi connectivity index (χ3v) is 5.60. The summed E-state index contributed by atoms with van der Waals surface area (Å²) in [6.45, 7) is 2.53. The molecule has 1 unspecified atom stereocenters. The molecule has 11 heteroatoms. The minimum absolute atomic E-state index is 0.0895. The summed E-state index contributed by atoms with van der Waals surface area (Å²) >= 11 is 0. The summed E-state index contributed by atoms with van der Waals surface area (Å²) in [7, 11) is 0. The quantitative estimate of drug-likeness (QED) is 0.342. The van der Waals surface area contributed by atoms with E-state index in [-0.39, 0.29) is 31.6 Å². The zero-order valence-electron chi connectivity index (χ0n) is 17.1. The fourth-order valence-corrected chi connectivity index (χ4v) is 4.25. The molecule has 5 N–H and O–H groups in total. The highest BCUT2D eigenvalue weighted by Crippen LogP contribution is 2.32. The van der Waals surface area contributed by atoms with Gasteiger partial charge in [-0.3, -0.25) is 24.0 Å². The average molecular weight is 426 g/mol. The van der Waals surface area contributed by atoms with E-state index in [0.717, 1.165) is 6.42 Å². The van der Waals surface area contributed by atoms with Crippen LogP contribution in [0.1, 0.15) is 58.3 Å². The Morgan fingerprint density at radius 3 is 2.33 bits per heavy atom. The summed E-state index contributed by atoms with van der Waals surface area (Å²) in [4.78, 5) is 63.4. The van der Waals surface area contributed by atoms with E-state index in [2.05, 4.69) is 5.32 Å². The lowest BCUT2D eigenvalue weighted by molar-refractivity contribution is -0.142. The number of amides is 3. The number of nitrogens with one attached hydrogen (secondary N) is 1. The van der Waals surface area contributed by atoms with E-state index in [1.807, 2.05) is 6.92 Å². The van der Waals surface area contributed by atoms with E-state index in [1.54, 1.807) is 0 Å². The van der Waals surface area contributed by atoms with Crippen molar-refractivity contribution in [2.45, 2.75) is 82.6 Å². The summed E-state index contributed by atoms with van der Waals surface area (Å²) in [5, 5.41) is 21.2. The Morgan fingerprint density at radius 2 is 1.83 bits per heavy atom. The van der Waals surface area contributed by atoms with Gasteiger partial charge in [0, 0.05) is 12.8 Å². The van der Waals surface area contributed by atoms with Crippen LogP contribution in [0.4, 0.5) is 0 Å². The van der Waals surface area contributed by atoms with Crippen molar-refractivity contribution in [3.63, 3.8) is 0 Å². The Hall–Kier alpha value is -2.69. The van der Waals surface area contributed by atoms with E-state index >= 15 is 0 Å². The average Bonchev–Trinajstić information content (AvgIpc) is 3.28. The zero-order chi connectivity index (χ0) is 22.4. The third-order valence-electron chi connectivity index (χ3n) is 5.60. The number of primary amides is 1. The molecule has 0 aliphatic carbocycles. The molecule has 2 aliphatic heterocycles. The van der Waals surface area contributed by atoms with Gasteiger partial charge in [0.1, 0.15) is 18.2 Å². The van der Waals surface area contributed by atoms with Crippen LogP contribution in [-0.2, 0) is 24.0 Å². The van der Waals surface area contributed by atoms with Crippen LogP contribution in [0.3, 0.4) is 0 Å². The number of carboxylic acids is 2. The van der Waals surface area contributed by atoms with Crippen molar-refractivity contribution in [2.75, 3.05) is 6.54 Å². The second-order valence-corrected chi connectivity index (χ2v) is 7.71. The van der Waals surface area contributed by atoms with Gasteiger partial charge in [-0.2, -0.15) is 0 Å². The standard InChI is InChI=1S/C19H30N4O7/c1-2-4-14-22(12(17(20)28)6-8-15(24)25)19(30)13(7-9-16(26)27)23(14)18(29)11-5-3-10-21-11/h11-14,21H,2-10H2,1H3,(H2,20,28)(H,24,25)(H,26,27)/t11-,12-,13-,14?/m0/s1. The molecule has 0 aromatic carbocycles. The van der Waals surface area contributed by atoms with Crippen LogP contribution in [-0.4, -0.2) is 80.5 Å². The number of hydrogen-bond acceptors (Lipinski definition) is 6. The molecule has 0 radical (unpaired) electrons. The van der Waals surface area contributed by atoms with Gasteiger partial charge in [0.25, 0.3) is 0 Å². The molecule has 11 nitrogen and oxygen atoms in total. The number of aliphatic carboxylic acids is 2. The maximum absolute atomic E-state index is 13.3. The SMILES string of the molecule is CCCC1N(C(=O)[C@@H]2CCCN2)[C@@H](CCC(=O)O)C(=O)N1[C@@H](CCC(=O)O)C(N)=O.